The van der Waals surface area contributed by atoms with Crippen molar-refractivity contribution in [1.29, 1.82) is 0 Å². The lowest BCUT2D eigenvalue weighted by atomic mass is 10.0. The van der Waals surface area contributed by atoms with Crippen molar-refractivity contribution in [2.45, 2.75) is 120 Å². The molecular formula is C21H40O2S. The van der Waals surface area contributed by atoms with Gasteiger partial charge in [-0.1, -0.05) is 84.0 Å². The van der Waals surface area contributed by atoms with Crippen LogP contribution >= 0.6 is 11.8 Å². The van der Waals surface area contributed by atoms with Crippen molar-refractivity contribution in [3.05, 3.63) is 0 Å². The molecule has 1 saturated heterocycles. The Morgan fingerprint density at radius 2 is 1.21 bits per heavy atom. The van der Waals surface area contributed by atoms with E-state index >= 15 is 0 Å². The number of rotatable bonds is 17. The summed E-state index contributed by atoms with van der Waals surface area (Å²) >= 11 is 2.23. The van der Waals surface area contributed by atoms with E-state index in [1.54, 1.807) is 0 Å². The van der Waals surface area contributed by atoms with E-state index in [4.69, 9.17) is 0 Å². The average Bonchev–Trinajstić information content (AvgIpc) is 3.34. The largest absolute Gasteiger partial charge is 0.469 e. The van der Waals surface area contributed by atoms with Crippen molar-refractivity contribution in [3.63, 3.8) is 0 Å². The summed E-state index contributed by atoms with van der Waals surface area (Å²) in [5.41, 5.74) is 0. The van der Waals surface area contributed by atoms with Crippen LogP contribution in [0.5, 0.6) is 0 Å². The van der Waals surface area contributed by atoms with E-state index in [-0.39, 0.29) is 5.97 Å². The van der Waals surface area contributed by atoms with Gasteiger partial charge < -0.3 is 4.74 Å². The molecular weight excluding hydrogens is 316 g/mol. The lowest BCUT2D eigenvalue weighted by Crippen LogP contribution is -1.99. The Hall–Kier alpha value is -0.180. The van der Waals surface area contributed by atoms with Gasteiger partial charge in [0.2, 0.25) is 0 Å². The van der Waals surface area contributed by atoms with Gasteiger partial charge in [0.25, 0.3) is 0 Å². The zero-order chi connectivity index (χ0) is 17.5. The maximum Gasteiger partial charge on any atom is 0.305 e. The third-order valence-corrected chi connectivity index (χ3v) is 6.64. The van der Waals surface area contributed by atoms with Crippen LogP contribution in [0.1, 0.15) is 110 Å². The molecule has 0 bridgehead atoms. The van der Waals surface area contributed by atoms with Gasteiger partial charge in [0.1, 0.15) is 0 Å². The Morgan fingerprint density at radius 1 is 0.750 bits per heavy atom. The van der Waals surface area contributed by atoms with E-state index < -0.39 is 0 Å². The van der Waals surface area contributed by atoms with Crippen LogP contribution in [0.15, 0.2) is 0 Å². The van der Waals surface area contributed by atoms with E-state index in [0.717, 1.165) is 16.9 Å². The fourth-order valence-electron chi connectivity index (χ4n) is 3.41. The van der Waals surface area contributed by atoms with Crippen LogP contribution in [0.4, 0.5) is 0 Å². The molecule has 0 aromatic rings. The third-order valence-electron chi connectivity index (χ3n) is 5.13. The smallest absolute Gasteiger partial charge is 0.305 e. The van der Waals surface area contributed by atoms with Crippen molar-refractivity contribution in [2.24, 2.45) is 0 Å². The van der Waals surface area contributed by atoms with Gasteiger partial charge in [0.15, 0.2) is 0 Å². The zero-order valence-electron chi connectivity index (χ0n) is 16.2. The summed E-state index contributed by atoms with van der Waals surface area (Å²) in [4.78, 5) is 11.0. The van der Waals surface area contributed by atoms with Gasteiger partial charge in [-0.2, -0.15) is 11.8 Å². The summed E-state index contributed by atoms with van der Waals surface area (Å²) in [6, 6.07) is 0. The highest BCUT2D eigenvalue weighted by Crippen LogP contribution is 2.47. The molecule has 0 aromatic heterocycles. The van der Waals surface area contributed by atoms with E-state index in [0.29, 0.717) is 6.42 Å². The SMILES string of the molecule is CCCCCCCCCCC1SC1CCCCCCCC(=O)OC. The molecule has 0 amide bonds. The fourth-order valence-corrected chi connectivity index (χ4v) is 4.65. The molecule has 0 saturated carbocycles. The van der Waals surface area contributed by atoms with Crippen molar-refractivity contribution in [2.75, 3.05) is 7.11 Å². The highest BCUT2D eigenvalue weighted by atomic mass is 32.2. The van der Waals surface area contributed by atoms with Crippen molar-refractivity contribution in [1.82, 2.24) is 0 Å². The molecule has 24 heavy (non-hydrogen) atoms. The van der Waals surface area contributed by atoms with Crippen LogP contribution in [0.3, 0.4) is 0 Å². The standard InChI is InChI=1S/C21H40O2S/c1-3-4-5-6-7-8-10-13-16-19-20(24-19)17-14-11-9-12-15-18-21(22)23-2/h19-20H,3-18H2,1-2H3. The predicted octanol–water partition coefficient (Wildman–Crippen LogP) is 6.90. The van der Waals surface area contributed by atoms with E-state index in [9.17, 15) is 4.79 Å². The predicted molar refractivity (Wildman–Crippen MR) is 107 cm³/mol. The number of carbonyl (C=O) groups excluding carboxylic acids is 1. The number of hydrogen-bond acceptors (Lipinski definition) is 3. The minimum atomic E-state index is -0.0619. The van der Waals surface area contributed by atoms with Crippen molar-refractivity contribution < 1.29 is 9.53 Å². The minimum absolute atomic E-state index is 0.0619. The number of carbonyl (C=O) groups is 1. The molecule has 2 atom stereocenters. The van der Waals surface area contributed by atoms with Gasteiger partial charge in [-0.25, -0.2) is 0 Å². The first kappa shape index (κ1) is 21.9. The quantitative estimate of drug-likeness (QED) is 0.161. The molecule has 0 aliphatic carbocycles. The number of unbranched alkanes of at least 4 members (excludes halogenated alkanes) is 11. The Balaban J connectivity index is 1.76. The number of thioether (sulfide) groups is 1. The van der Waals surface area contributed by atoms with Gasteiger partial charge in [-0.05, 0) is 19.3 Å². The molecule has 1 heterocycles. The second kappa shape index (κ2) is 15.1. The molecule has 0 spiro atoms. The molecule has 2 nitrogen and oxygen atoms in total. The number of methoxy groups -OCH3 is 1. The zero-order valence-corrected chi connectivity index (χ0v) is 17.0. The Bertz CT molecular complexity index is 306. The molecule has 0 aromatic carbocycles. The summed E-state index contributed by atoms with van der Waals surface area (Å²) in [5, 5.41) is 1.97. The summed E-state index contributed by atoms with van der Waals surface area (Å²) in [5.74, 6) is -0.0619. The maximum absolute atomic E-state index is 11.0. The maximum atomic E-state index is 11.0. The van der Waals surface area contributed by atoms with Gasteiger partial charge >= 0.3 is 5.97 Å². The fraction of sp³-hybridized carbons (Fsp3) is 0.952. The Labute approximate surface area is 154 Å². The molecule has 0 radical (unpaired) electrons. The van der Waals surface area contributed by atoms with Gasteiger partial charge in [0, 0.05) is 16.9 Å². The van der Waals surface area contributed by atoms with E-state index in [2.05, 4.69) is 23.4 Å². The van der Waals surface area contributed by atoms with E-state index in [1.807, 2.05) is 0 Å². The molecule has 142 valence electrons. The van der Waals surface area contributed by atoms with Crippen LogP contribution in [-0.4, -0.2) is 23.6 Å². The average molecular weight is 357 g/mol. The lowest BCUT2D eigenvalue weighted by Gasteiger charge is -2.02. The highest BCUT2D eigenvalue weighted by molar-refractivity contribution is 8.07. The van der Waals surface area contributed by atoms with Crippen molar-refractivity contribution in [3.8, 4) is 0 Å². The number of ether oxygens (including phenoxy) is 1. The van der Waals surface area contributed by atoms with Gasteiger partial charge in [-0.15, -0.1) is 0 Å². The van der Waals surface area contributed by atoms with Gasteiger partial charge in [0.05, 0.1) is 7.11 Å². The normalized spacial score (nSPS) is 19.4. The molecule has 1 fully saturated rings. The Morgan fingerprint density at radius 3 is 1.71 bits per heavy atom. The summed E-state index contributed by atoms with van der Waals surface area (Å²) < 4.78 is 4.66. The van der Waals surface area contributed by atoms with Crippen LogP contribution in [0.25, 0.3) is 0 Å². The molecule has 0 N–H and O–H groups in total. The highest BCUT2D eigenvalue weighted by Gasteiger charge is 2.36. The van der Waals surface area contributed by atoms with Crippen LogP contribution in [-0.2, 0) is 9.53 Å². The molecule has 3 heteroatoms. The summed E-state index contributed by atoms with van der Waals surface area (Å²) in [6.07, 6.45) is 21.1. The molecule has 1 aliphatic heterocycles. The molecule has 2 unspecified atom stereocenters. The first-order valence-electron chi connectivity index (χ1n) is 10.5. The molecule has 1 rings (SSSR count). The van der Waals surface area contributed by atoms with E-state index in [1.165, 1.54) is 97.0 Å². The third kappa shape index (κ3) is 12.2. The first-order chi connectivity index (χ1) is 11.8. The van der Waals surface area contributed by atoms with Crippen LogP contribution in [0.2, 0.25) is 0 Å². The lowest BCUT2D eigenvalue weighted by molar-refractivity contribution is -0.140. The van der Waals surface area contributed by atoms with Crippen molar-refractivity contribution >= 4 is 17.7 Å². The number of hydrogen-bond donors (Lipinski definition) is 0. The van der Waals surface area contributed by atoms with Crippen LogP contribution in [0, 0.1) is 0 Å². The van der Waals surface area contributed by atoms with Crippen LogP contribution < -0.4 is 0 Å². The number of esters is 1. The second-order valence-electron chi connectivity index (χ2n) is 7.36. The first-order valence-corrected chi connectivity index (χ1v) is 11.4. The second-order valence-corrected chi connectivity index (χ2v) is 8.84. The minimum Gasteiger partial charge on any atom is -0.469 e. The monoisotopic (exact) mass is 356 g/mol. The van der Waals surface area contributed by atoms with Gasteiger partial charge in [-0.3, -0.25) is 4.79 Å². The molecule has 1 aliphatic rings. The Kier molecular flexibility index (Phi) is 13.8. The summed E-state index contributed by atoms with van der Waals surface area (Å²) in [7, 11) is 1.47. The summed E-state index contributed by atoms with van der Waals surface area (Å²) in [6.45, 7) is 2.29. The topological polar surface area (TPSA) is 26.3 Å².